The normalized spacial score (nSPS) is 19.4. The molecule has 5 nitrogen and oxygen atoms in total. The molecule has 1 aromatic heterocycles. The van der Waals surface area contributed by atoms with Crippen molar-refractivity contribution in [3.8, 4) is 5.88 Å². The summed E-state index contributed by atoms with van der Waals surface area (Å²) < 4.78 is 5.65. The second kappa shape index (κ2) is 5.10. The maximum absolute atomic E-state index is 11.7. The molecular formula is C13H20N2O3. The molecule has 0 bridgehead atoms. The van der Waals surface area contributed by atoms with Crippen molar-refractivity contribution >= 4 is 0 Å². The van der Waals surface area contributed by atoms with Crippen molar-refractivity contribution in [3.05, 3.63) is 21.7 Å². The molecule has 0 radical (unpaired) electrons. The molecule has 1 aliphatic carbocycles. The smallest absolute Gasteiger partial charge is 0.257 e. The number of ether oxygens (including phenoxy) is 1. The maximum atomic E-state index is 11.7. The monoisotopic (exact) mass is 252 g/mol. The zero-order chi connectivity index (χ0) is 13.2. The molecule has 2 rings (SSSR count). The highest BCUT2D eigenvalue weighted by Crippen LogP contribution is 2.37. The lowest BCUT2D eigenvalue weighted by atomic mass is 9.93. The van der Waals surface area contributed by atoms with E-state index in [1.165, 1.54) is 12.8 Å². The maximum Gasteiger partial charge on any atom is 0.257 e. The number of nitrogens with zero attached hydrogens (tertiary/aromatic N) is 1. The molecule has 2 N–H and O–H groups in total. The number of rotatable bonds is 2. The lowest BCUT2D eigenvalue weighted by Crippen LogP contribution is -2.33. The minimum atomic E-state index is -0.555. The number of hydrogen-bond acceptors (Lipinski definition) is 4. The second-order valence-electron chi connectivity index (χ2n) is 4.98. The van der Waals surface area contributed by atoms with Crippen LogP contribution in [-0.4, -0.2) is 22.2 Å². The van der Waals surface area contributed by atoms with Gasteiger partial charge in [0.05, 0.1) is 5.56 Å². The Morgan fingerprint density at radius 2 is 1.89 bits per heavy atom. The molecule has 100 valence electrons. The van der Waals surface area contributed by atoms with Crippen LogP contribution in [0.2, 0.25) is 0 Å². The lowest BCUT2D eigenvalue weighted by molar-refractivity contribution is -0.0357. The highest BCUT2D eigenvalue weighted by Gasteiger charge is 2.35. The molecule has 0 amide bonds. The molecule has 0 atom stereocenters. The molecule has 0 unspecified atom stereocenters. The molecule has 0 saturated heterocycles. The highest BCUT2D eigenvalue weighted by atomic mass is 16.5. The molecule has 0 aliphatic heterocycles. The zero-order valence-corrected chi connectivity index (χ0v) is 11.0. The SMILES string of the molecule is COC1(c2nc(O)c(C)c(=O)[nH]2)CCCCCC1. The van der Waals surface area contributed by atoms with Crippen LogP contribution in [0.1, 0.15) is 49.9 Å². The first kappa shape index (κ1) is 13.1. The van der Waals surface area contributed by atoms with Crippen molar-refractivity contribution in [2.75, 3.05) is 7.11 Å². The summed E-state index contributed by atoms with van der Waals surface area (Å²) >= 11 is 0. The van der Waals surface area contributed by atoms with Gasteiger partial charge in [0.25, 0.3) is 5.56 Å². The van der Waals surface area contributed by atoms with Gasteiger partial charge in [-0.15, -0.1) is 0 Å². The number of aromatic amines is 1. The summed E-state index contributed by atoms with van der Waals surface area (Å²) in [6.45, 7) is 1.55. The fourth-order valence-corrected chi connectivity index (χ4v) is 2.57. The lowest BCUT2D eigenvalue weighted by Gasteiger charge is -2.30. The summed E-state index contributed by atoms with van der Waals surface area (Å²) in [5, 5.41) is 9.71. The van der Waals surface area contributed by atoms with Crippen molar-refractivity contribution in [2.45, 2.75) is 51.0 Å². The van der Waals surface area contributed by atoms with Gasteiger partial charge in [0.15, 0.2) is 0 Å². The van der Waals surface area contributed by atoms with Gasteiger partial charge in [-0.3, -0.25) is 4.79 Å². The first-order chi connectivity index (χ1) is 8.59. The predicted octanol–water partition coefficient (Wildman–Crippen LogP) is 1.98. The minimum absolute atomic E-state index is 0.200. The Hall–Kier alpha value is -1.36. The average molecular weight is 252 g/mol. The second-order valence-corrected chi connectivity index (χ2v) is 4.98. The Morgan fingerprint density at radius 1 is 1.28 bits per heavy atom. The molecule has 0 aromatic carbocycles. The van der Waals surface area contributed by atoms with Gasteiger partial charge < -0.3 is 14.8 Å². The first-order valence-corrected chi connectivity index (χ1v) is 6.44. The van der Waals surface area contributed by atoms with Crippen LogP contribution in [0.3, 0.4) is 0 Å². The Balaban J connectivity index is 2.46. The van der Waals surface area contributed by atoms with Gasteiger partial charge in [-0.1, -0.05) is 25.7 Å². The molecular weight excluding hydrogens is 232 g/mol. The van der Waals surface area contributed by atoms with Crippen LogP contribution in [0, 0.1) is 6.92 Å². The van der Waals surface area contributed by atoms with Crippen molar-refractivity contribution in [1.82, 2.24) is 9.97 Å². The number of aromatic nitrogens is 2. The van der Waals surface area contributed by atoms with Gasteiger partial charge in [0, 0.05) is 7.11 Å². The Bertz CT molecular complexity index is 474. The van der Waals surface area contributed by atoms with E-state index in [0.29, 0.717) is 5.82 Å². The van der Waals surface area contributed by atoms with Crippen LogP contribution in [0.5, 0.6) is 5.88 Å². The molecule has 1 aromatic rings. The van der Waals surface area contributed by atoms with Crippen LogP contribution in [0.4, 0.5) is 0 Å². The van der Waals surface area contributed by atoms with Crippen molar-refractivity contribution in [1.29, 1.82) is 0 Å². The predicted molar refractivity (Wildman–Crippen MR) is 67.6 cm³/mol. The van der Waals surface area contributed by atoms with Gasteiger partial charge in [0.1, 0.15) is 11.4 Å². The number of nitrogens with one attached hydrogen (secondary N) is 1. The fourth-order valence-electron chi connectivity index (χ4n) is 2.57. The van der Waals surface area contributed by atoms with Crippen LogP contribution in [0.25, 0.3) is 0 Å². The third-order valence-corrected chi connectivity index (χ3v) is 3.86. The van der Waals surface area contributed by atoms with E-state index in [1.54, 1.807) is 14.0 Å². The van der Waals surface area contributed by atoms with Crippen molar-refractivity contribution < 1.29 is 9.84 Å². The number of hydrogen-bond donors (Lipinski definition) is 2. The van der Waals surface area contributed by atoms with E-state index in [2.05, 4.69) is 9.97 Å². The van der Waals surface area contributed by atoms with E-state index in [4.69, 9.17) is 4.74 Å². The van der Waals surface area contributed by atoms with E-state index < -0.39 is 5.60 Å². The van der Waals surface area contributed by atoms with Gasteiger partial charge in [0.2, 0.25) is 5.88 Å². The third kappa shape index (κ3) is 2.27. The molecule has 0 spiro atoms. The molecule has 1 aliphatic rings. The summed E-state index contributed by atoms with van der Waals surface area (Å²) in [6, 6.07) is 0. The molecule has 1 saturated carbocycles. The summed E-state index contributed by atoms with van der Waals surface area (Å²) in [5.41, 5.74) is -0.599. The van der Waals surface area contributed by atoms with Gasteiger partial charge in [-0.2, -0.15) is 4.98 Å². The fraction of sp³-hybridized carbons (Fsp3) is 0.692. The summed E-state index contributed by atoms with van der Waals surface area (Å²) in [4.78, 5) is 18.6. The van der Waals surface area contributed by atoms with Crippen LogP contribution in [-0.2, 0) is 10.3 Å². The average Bonchev–Trinajstić information content (AvgIpc) is 2.61. The summed E-state index contributed by atoms with van der Waals surface area (Å²) in [7, 11) is 1.64. The summed E-state index contributed by atoms with van der Waals surface area (Å²) in [5.74, 6) is 0.259. The van der Waals surface area contributed by atoms with Crippen molar-refractivity contribution in [3.63, 3.8) is 0 Å². The molecule has 1 heterocycles. The highest BCUT2D eigenvalue weighted by molar-refractivity contribution is 5.22. The summed E-state index contributed by atoms with van der Waals surface area (Å²) in [6.07, 6.45) is 6.10. The van der Waals surface area contributed by atoms with Crippen LogP contribution >= 0.6 is 0 Å². The zero-order valence-electron chi connectivity index (χ0n) is 11.0. The molecule has 5 heteroatoms. The van der Waals surface area contributed by atoms with Gasteiger partial charge in [-0.25, -0.2) is 0 Å². The van der Waals surface area contributed by atoms with E-state index >= 15 is 0 Å². The number of H-pyrrole nitrogens is 1. The van der Waals surface area contributed by atoms with E-state index in [-0.39, 0.29) is 17.0 Å². The van der Waals surface area contributed by atoms with Crippen molar-refractivity contribution in [2.24, 2.45) is 0 Å². The standard InChI is InChI=1S/C13H20N2O3/c1-9-10(16)14-12(15-11(9)17)13(18-2)7-5-3-4-6-8-13/h3-8H2,1-2H3,(H2,14,15,16,17). The number of aromatic hydroxyl groups is 1. The Labute approximate surface area is 106 Å². The minimum Gasteiger partial charge on any atom is -0.493 e. The van der Waals surface area contributed by atoms with Gasteiger partial charge >= 0.3 is 0 Å². The topological polar surface area (TPSA) is 75.2 Å². The number of methoxy groups -OCH3 is 1. The Kier molecular flexibility index (Phi) is 3.71. The molecule has 18 heavy (non-hydrogen) atoms. The largest absolute Gasteiger partial charge is 0.493 e. The van der Waals surface area contributed by atoms with Crippen LogP contribution < -0.4 is 5.56 Å². The third-order valence-electron chi connectivity index (χ3n) is 3.86. The van der Waals surface area contributed by atoms with E-state index in [0.717, 1.165) is 25.7 Å². The van der Waals surface area contributed by atoms with E-state index in [9.17, 15) is 9.90 Å². The first-order valence-electron chi connectivity index (χ1n) is 6.44. The van der Waals surface area contributed by atoms with E-state index in [1.807, 2.05) is 0 Å². The Morgan fingerprint density at radius 3 is 2.39 bits per heavy atom. The van der Waals surface area contributed by atoms with Gasteiger partial charge in [-0.05, 0) is 19.8 Å². The van der Waals surface area contributed by atoms with Crippen LogP contribution in [0.15, 0.2) is 4.79 Å². The quantitative estimate of drug-likeness (QED) is 0.789. The molecule has 1 fully saturated rings.